The van der Waals surface area contributed by atoms with Crippen molar-refractivity contribution in [1.82, 2.24) is 0 Å². The van der Waals surface area contributed by atoms with Gasteiger partial charge in [-0.1, -0.05) is 36.6 Å². The number of halogens is 1. The van der Waals surface area contributed by atoms with Gasteiger partial charge in [0.15, 0.2) is 0 Å². The van der Waals surface area contributed by atoms with Crippen LogP contribution in [-0.2, 0) is 11.5 Å². The van der Waals surface area contributed by atoms with E-state index in [9.17, 15) is 5.11 Å². The molecule has 0 amide bonds. The van der Waals surface area contributed by atoms with E-state index in [1.807, 2.05) is 18.2 Å². The van der Waals surface area contributed by atoms with Crippen LogP contribution in [0.1, 0.15) is 31.2 Å². The summed E-state index contributed by atoms with van der Waals surface area (Å²) in [6, 6.07) is 7.98. The Morgan fingerprint density at radius 2 is 1.86 bits per heavy atom. The molecule has 1 aromatic rings. The summed E-state index contributed by atoms with van der Waals surface area (Å²) in [4.78, 5) is 0. The Bertz CT molecular complexity index is 260. The average Bonchev–Trinajstić information content (AvgIpc) is 2.18. The van der Waals surface area contributed by atoms with Gasteiger partial charge in [0.05, 0.1) is 6.61 Å². The summed E-state index contributed by atoms with van der Waals surface area (Å²) in [6.45, 7) is 0.0666. The maximum absolute atomic E-state index is 10.2. The van der Waals surface area contributed by atoms with Crippen molar-refractivity contribution in [2.45, 2.75) is 32.1 Å². The van der Waals surface area contributed by atoms with Crippen LogP contribution in [-0.4, -0.2) is 6.61 Å². The van der Waals surface area contributed by atoms with Crippen LogP contribution in [0.15, 0.2) is 24.3 Å². The molecule has 14 heavy (non-hydrogen) atoms. The SMILES string of the molecule is [O]CCCCCCc1cccc(Cl)c1. The van der Waals surface area contributed by atoms with E-state index in [0.29, 0.717) is 0 Å². The Labute approximate surface area is 90.7 Å². The fourth-order valence-corrected chi connectivity index (χ4v) is 1.69. The Morgan fingerprint density at radius 1 is 1.07 bits per heavy atom. The van der Waals surface area contributed by atoms with Crippen molar-refractivity contribution < 1.29 is 5.11 Å². The molecule has 1 rings (SSSR count). The van der Waals surface area contributed by atoms with Gasteiger partial charge in [0, 0.05) is 5.02 Å². The van der Waals surface area contributed by atoms with E-state index < -0.39 is 0 Å². The van der Waals surface area contributed by atoms with Crippen molar-refractivity contribution in [1.29, 1.82) is 0 Å². The lowest BCUT2D eigenvalue weighted by molar-refractivity contribution is 0.186. The molecule has 0 spiro atoms. The van der Waals surface area contributed by atoms with E-state index in [1.165, 1.54) is 5.56 Å². The van der Waals surface area contributed by atoms with Crippen molar-refractivity contribution in [3.8, 4) is 0 Å². The fourth-order valence-electron chi connectivity index (χ4n) is 1.48. The molecule has 0 saturated carbocycles. The third-order valence-corrected chi connectivity index (χ3v) is 2.48. The molecule has 1 radical (unpaired) electrons. The van der Waals surface area contributed by atoms with Gasteiger partial charge >= 0.3 is 0 Å². The second kappa shape index (κ2) is 6.86. The first-order valence-electron chi connectivity index (χ1n) is 5.15. The second-order valence-corrected chi connectivity index (χ2v) is 3.93. The van der Waals surface area contributed by atoms with Crippen LogP contribution in [0.25, 0.3) is 0 Å². The van der Waals surface area contributed by atoms with Gasteiger partial charge < -0.3 is 0 Å². The highest BCUT2D eigenvalue weighted by Crippen LogP contribution is 2.13. The lowest BCUT2D eigenvalue weighted by atomic mass is 10.1. The van der Waals surface area contributed by atoms with Crippen LogP contribution < -0.4 is 0 Å². The lowest BCUT2D eigenvalue weighted by Gasteiger charge is -2.01. The topological polar surface area (TPSA) is 19.9 Å². The molecule has 0 heterocycles. The van der Waals surface area contributed by atoms with E-state index in [-0.39, 0.29) is 6.61 Å². The quantitative estimate of drug-likeness (QED) is 0.637. The standard InChI is InChI=1S/C12H16ClO/c13-12-8-5-7-11(10-12)6-3-1-2-4-9-14/h5,7-8,10H,1-4,6,9H2. The van der Waals surface area contributed by atoms with Crippen molar-refractivity contribution in [3.05, 3.63) is 34.9 Å². The molecule has 0 aliphatic carbocycles. The maximum atomic E-state index is 10.2. The van der Waals surface area contributed by atoms with Gasteiger partial charge in [-0.25, -0.2) is 5.11 Å². The minimum atomic E-state index is 0.0666. The first kappa shape index (κ1) is 11.5. The molecule has 1 nitrogen and oxygen atoms in total. The molecular weight excluding hydrogens is 196 g/mol. The molecule has 77 valence electrons. The van der Waals surface area contributed by atoms with Gasteiger partial charge in [-0.2, -0.15) is 0 Å². The third kappa shape index (κ3) is 4.64. The molecule has 0 aromatic heterocycles. The first-order valence-corrected chi connectivity index (χ1v) is 5.53. The zero-order chi connectivity index (χ0) is 10.2. The van der Waals surface area contributed by atoms with Gasteiger partial charge in [0.2, 0.25) is 0 Å². The zero-order valence-electron chi connectivity index (χ0n) is 8.34. The van der Waals surface area contributed by atoms with Crippen molar-refractivity contribution in [2.75, 3.05) is 6.61 Å². The van der Waals surface area contributed by atoms with Crippen molar-refractivity contribution in [3.63, 3.8) is 0 Å². The Hall–Kier alpha value is -0.530. The Morgan fingerprint density at radius 3 is 2.57 bits per heavy atom. The molecule has 0 bridgehead atoms. The first-order chi connectivity index (χ1) is 6.83. The summed E-state index contributed by atoms with van der Waals surface area (Å²) in [5.41, 5.74) is 1.29. The maximum Gasteiger partial charge on any atom is 0.0822 e. The molecule has 0 aliphatic heterocycles. The lowest BCUT2D eigenvalue weighted by Crippen LogP contribution is -1.87. The summed E-state index contributed by atoms with van der Waals surface area (Å²) in [5, 5.41) is 11.0. The van der Waals surface area contributed by atoms with Crippen LogP contribution in [0.5, 0.6) is 0 Å². The predicted molar refractivity (Wildman–Crippen MR) is 59.2 cm³/mol. The van der Waals surface area contributed by atoms with E-state index >= 15 is 0 Å². The summed E-state index contributed by atoms with van der Waals surface area (Å²) in [5.74, 6) is 0. The molecule has 2 heteroatoms. The van der Waals surface area contributed by atoms with Crippen LogP contribution in [0.3, 0.4) is 0 Å². The van der Waals surface area contributed by atoms with Crippen LogP contribution in [0.2, 0.25) is 5.02 Å². The molecule has 0 unspecified atom stereocenters. The minimum absolute atomic E-state index is 0.0666. The zero-order valence-corrected chi connectivity index (χ0v) is 9.09. The van der Waals surface area contributed by atoms with Gasteiger partial charge in [-0.15, -0.1) is 0 Å². The second-order valence-electron chi connectivity index (χ2n) is 3.50. The highest BCUT2D eigenvalue weighted by molar-refractivity contribution is 6.30. The van der Waals surface area contributed by atoms with Crippen LogP contribution in [0.4, 0.5) is 0 Å². The fraction of sp³-hybridized carbons (Fsp3) is 0.500. The number of aryl methyl sites for hydroxylation is 1. The average molecular weight is 212 g/mol. The Balaban J connectivity index is 2.18. The van der Waals surface area contributed by atoms with E-state index in [2.05, 4.69) is 6.07 Å². The molecule has 0 N–H and O–H groups in total. The summed E-state index contributed by atoms with van der Waals surface area (Å²) < 4.78 is 0. The molecule has 0 fully saturated rings. The van der Waals surface area contributed by atoms with Gasteiger partial charge in [0.25, 0.3) is 0 Å². The number of benzene rings is 1. The molecule has 0 aliphatic rings. The number of rotatable bonds is 6. The van der Waals surface area contributed by atoms with Crippen LogP contribution in [0, 0.1) is 0 Å². The van der Waals surface area contributed by atoms with E-state index in [4.69, 9.17) is 11.6 Å². The molecule has 1 aromatic carbocycles. The molecular formula is C12H16ClO. The Kier molecular flexibility index (Phi) is 5.65. The summed E-state index contributed by atoms with van der Waals surface area (Å²) >= 11 is 5.87. The highest BCUT2D eigenvalue weighted by Gasteiger charge is 1.94. The molecule has 0 atom stereocenters. The highest BCUT2D eigenvalue weighted by atomic mass is 35.5. The minimum Gasteiger partial charge on any atom is -0.237 e. The number of hydrogen-bond acceptors (Lipinski definition) is 0. The van der Waals surface area contributed by atoms with Gasteiger partial charge in [-0.05, 0) is 37.0 Å². The smallest absolute Gasteiger partial charge is 0.0822 e. The van der Waals surface area contributed by atoms with E-state index in [1.54, 1.807) is 0 Å². The van der Waals surface area contributed by atoms with Crippen molar-refractivity contribution in [2.24, 2.45) is 0 Å². The van der Waals surface area contributed by atoms with Gasteiger partial charge in [-0.3, -0.25) is 0 Å². The summed E-state index contributed by atoms with van der Waals surface area (Å²) in [7, 11) is 0. The van der Waals surface area contributed by atoms with Crippen LogP contribution >= 0.6 is 11.6 Å². The predicted octanol–water partition coefficient (Wildman–Crippen LogP) is 3.87. The normalized spacial score (nSPS) is 10.4. The van der Waals surface area contributed by atoms with Gasteiger partial charge in [0.1, 0.15) is 0 Å². The number of hydrogen-bond donors (Lipinski definition) is 0. The summed E-state index contributed by atoms with van der Waals surface area (Å²) in [6.07, 6.45) is 5.24. The number of unbranched alkanes of at least 4 members (excludes halogenated alkanes) is 3. The van der Waals surface area contributed by atoms with Crippen molar-refractivity contribution >= 4 is 11.6 Å². The third-order valence-electron chi connectivity index (χ3n) is 2.25. The molecule has 0 saturated heterocycles. The largest absolute Gasteiger partial charge is 0.237 e. The van der Waals surface area contributed by atoms with E-state index in [0.717, 1.165) is 37.1 Å². The monoisotopic (exact) mass is 211 g/mol.